The standard InChI is InChI=1S/C28H35N5O7S/c1-3-12-29-28(23(35)14-30-24(36)15-31-25(37)16-32-26(38)17-41-18(2)34)40-21-9-6-19(7-10-21)27(39)22-11-8-20-5-4-13-33(20)22/h6-11,28-29H,3-5,12-17H2,1-2H3,(H,30,36)(H,31,37)(H,32,38). The number of aryl methyl sites for hydroxylation is 1. The first-order valence-corrected chi connectivity index (χ1v) is 14.4. The predicted molar refractivity (Wildman–Crippen MR) is 153 cm³/mol. The third-order valence-corrected chi connectivity index (χ3v) is 6.93. The average molecular weight is 586 g/mol. The molecule has 0 spiro atoms. The van der Waals surface area contributed by atoms with Crippen LogP contribution in [-0.4, -0.2) is 77.1 Å². The van der Waals surface area contributed by atoms with Crippen LogP contribution in [-0.2, 0) is 36.9 Å². The number of benzene rings is 1. The first-order valence-electron chi connectivity index (χ1n) is 13.4. The number of aromatic nitrogens is 1. The zero-order valence-electron chi connectivity index (χ0n) is 23.1. The molecule has 0 aliphatic carbocycles. The molecule has 0 radical (unpaired) electrons. The Labute approximate surface area is 242 Å². The van der Waals surface area contributed by atoms with Crippen LogP contribution in [0.3, 0.4) is 0 Å². The van der Waals surface area contributed by atoms with E-state index in [1.54, 1.807) is 24.3 Å². The lowest BCUT2D eigenvalue weighted by atomic mass is 10.1. The summed E-state index contributed by atoms with van der Waals surface area (Å²) in [5.74, 6) is -1.90. The number of carbonyl (C=O) groups is 6. The van der Waals surface area contributed by atoms with E-state index in [1.807, 2.05) is 23.6 Å². The average Bonchev–Trinajstić information content (AvgIpc) is 3.59. The molecule has 0 fully saturated rings. The fourth-order valence-electron chi connectivity index (χ4n) is 4.05. The molecule has 0 bridgehead atoms. The van der Waals surface area contributed by atoms with Gasteiger partial charge in [0.05, 0.1) is 31.1 Å². The van der Waals surface area contributed by atoms with Crippen molar-refractivity contribution in [3.05, 3.63) is 53.3 Å². The molecule has 12 nitrogen and oxygen atoms in total. The minimum absolute atomic E-state index is 0.0781. The minimum atomic E-state index is -1.04. The van der Waals surface area contributed by atoms with Crippen molar-refractivity contribution in [3.63, 3.8) is 0 Å². The van der Waals surface area contributed by atoms with Crippen molar-refractivity contribution in [2.75, 3.05) is 31.9 Å². The number of nitrogens with one attached hydrogen (secondary N) is 4. The van der Waals surface area contributed by atoms with E-state index in [1.165, 1.54) is 6.92 Å². The quantitative estimate of drug-likeness (QED) is 0.163. The molecule has 2 heterocycles. The molecule has 1 aliphatic heterocycles. The smallest absolute Gasteiger partial charge is 0.239 e. The number of hydrogen-bond acceptors (Lipinski definition) is 9. The predicted octanol–water partition coefficient (Wildman–Crippen LogP) is 0.567. The maximum atomic E-state index is 13.0. The van der Waals surface area contributed by atoms with Gasteiger partial charge in [0, 0.05) is 24.7 Å². The van der Waals surface area contributed by atoms with E-state index in [9.17, 15) is 28.8 Å². The van der Waals surface area contributed by atoms with Gasteiger partial charge in [0.15, 0.2) is 5.12 Å². The topological polar surface area (TPSA) is 165 Å². The Hall–Kier alpha value is -3.97. The van der Waals surface area contributed by atoms with E-state index in [0.29, 0.717) is 23.6 Å². The molecule has 1 aliphatic rings. The summed E-state index contributed by atoms with van der Waals surface area (Å²) in [6, 6.07) is 10.4. The van der Waals surface area contributed by atoms with Crippen LogP contribution < -0.4 is 26.0 Å². The highest BCUT2D eigenvalue weighted by Gasteiger charge is 2.22. The van der Waals surface area contributed by atoms with Crippen molar-refractivity contribution in [1.29, 1.82) is 0 Å². The second kappa shape index (κ2) is 15.7. The summed E-state index contributed by atoms with van der Waals surface area (Å²) in [6.45, 7) is 3.51. The maximum absolute atomic E-state index is 13.0. The normalized spacial score (nSPS) is 12.6. The van der Waals surface area contributed by atoms with Crippen LogP contribution in [0.5, 0.6) is 5.75 Å². The van der Waals surface area contributed by atoms with Crippen LogP contribution in [0.25, 0.3) is 0 Å². The lowest BCUT2D eigenvalue weighted by Crippen LogP contribution is -2.48. The Kier molecular flexibility index (Phi) is 12.1. The van der Waals surface area contributed by atoms with Gasteiger partial charge in [-0.3, -0.25) is 34.1 Å². The summed E-state index contributed by atoms with van der Waals surface area (Å²) in [5, 5.41) is 9.91. The maximum Gasteiger partial charge on any atom is 0.239 e. The van der Waals surface area contributed by atoms with E-state index >= 15 is 0 Å². The SMILES string of the molecule is CCCNC(Oc1ccc(C(=O)c2ccc3n2CCC3)cc1)C(=O)CNC(=O)CNC(=O)CNC(=O)CSC(C)=O. The molecule has 1 unspecified atom stereocenters. The first kappa shape index (κ1) is 31.6. The van der Waals surface area contributed by atoms with Crippen LogP contribution in [0, 0.1) is 0 Å². The summed E-state index contributed by atoms with van der Waals surface area (Å²) in [6.07, 6.45) is 1.70. The number of carbonyl (C=O) groups excluding carboxylic acids is 6. The summed E-state index contributed by atoms with van der Waals surface area (Å²) in [4.78, 5) is 72.2. The van der Waals surface area contributed by atoms with Crippen molar-refractivity contribution in [3.8, 4) is 5.75 Å². The molecule has 41 heavy (non-hydrogen) atoms. The number of amides is 3. The molecular formula is C28H35N5O7S. The Morgan fingerprint density at radius 1 is 0.902 bits per heavy atom. The number of ether oxygens (including phenoxy) is 1. The van der Waals surface area contributed by atoms with Gasteiger partial charge >= 0.3 is 0 Å². The molecule has 13 heteroatoms. The molecule has 1 aromatic carbocycles. The number of rotatable bonds is 16. The fourth-order valence-corrected chi connectivity index (χ4v) is 4.49. The zero-order chi connectivity index (χ0) is 29.8. The van der Waals surface area contributed by atoms with Crippen molar-refractivity contribution in [2.45, 2.75) is 45.9 Å². The number of Topliss-reactive ketones (excluding diaryl/α,β-unsaturated/α-hetero) is 1. The highest BCUT2D eigenvalue weighted by atomic mass is 32.2. The molecule has 1 atom stereocenters. The first-order chi connectivity index (χ1) is 19.7. The molecule has 4 N–H and O–H groups in total. The van der Waals surface area contributed by atoms with E-state index in [2.05, 4.69) is 21.3 Å². The van der Waals surface area contributed by atoms with Gasteiger partial charge in [-0.15, -0.1) is 0 Å². The van der Waals surface area contributed by atoms with Gasteiger partial charge in [-0.2, -0.15) is 0 Å². The second-order valence-electron chi connectivity index (χ2n) is 9.35. The largest absolute Gasteiger partial charge is 0.468 e. The lowest BCUT2D eigenvalue weighted by molar-refractivity contribution is -0.130. The minimum Gasteiger partial charge on any atom is -0.468 e. The Bertz CT molecular complexity index is 1280. The Morgan fingerprint density at radius 3 is 2.22 bits per heavy atom. The van der Waals surface area contributed by atoms with Crippen molar-refractivity contribution >= 4 is 46.2 Å². The Morgan fingerprint density at radius 2 is 1.56 bits per heavy atom. The van der Waals surface area contributed by atoms with Gasteiger partial charge in [0.25, 0.3) is 0 Å². The van der Waals surface area contributed by atoms with Crippen LogP contribution in [0.1, 0.15) is 48.4 Å². The number of fused-ring (bicyclic) bond motifs is 1. The zero-order valence-corrected chi connectivity index (χ0v) is 23.9. The molecule has 220 valence electrons. The third-order valence-electron chi connectivity index (χ3n) is 6.12. The highest BCUT2D eigenvalue weighted by Crippen LogP contribution is 2.22. The summed E-state index contributed by atoms with van der Waals surface area (Å²) in [7, 11) is 0. The van der Waals surface area contributed by atoms with E-state index in [4.69, 9.17) is 4.74 Å². The molecule has 1 aromatic heterocycles. The van der Waals surface area contributed by atoms with Gasteiger partial charge in [-0.1, -0.05) is 18.7 Å². The summed E-state index contributed by atoms with van der Waals surface area (Å²) in [5.41, 5.74) is 2.33. The van der Waals surface area contributed by atoms with Crippen LogP contribution in [0.4, 0.5) is 0 Å². The van der Waals surface area contributed by atoms with Crippen LogP contribution >= 0.6 is 11.8 Å². The van der Waals surface area contributed by atoms with Gasteiger partial charge < -0.3 is 25.3 Å². The third kappa shape index (κ3) is 9.87. The van der Waals surface area contributed by atoms with Gasteiger partial charge in [0.1, 0.15) is 5.75 Å². The van der Waals surface area contributed by atoms with Crippen molar-refractivity contribution in [2.24, 2.45) is 0 Å². The van der Waals surface area contributed by atoms with Gasteiger partial charge in [-0.25, -0.2) is 0 Å². The molecule has 3 amide bonds. The van der Waals surface area contributed by atoms with E-state index < -0.39 is 36.3 Å². The van der Waals surface area contributed by atoms with Gasteiger partial charge in [0.2, 0.25) is 35.5 Å². The van der Waals surface area contributed by atoms with Crippen molar-refractivity contribution in [1.82, 2.24) is 25.8 Å². The number of hydrogen-bond donors (Lipinski definition) is 4. The van der Waals surface area contributed by atoms with Crippen molar-refractivity contribution < 1.29 is 33.5 Å². The van der Waals surface area contributed by atoms with Crippen LogP contribution in [0.2, 0.25) is 0 Å². The monoisotopic (exact) mass is 585 g/mol. The van der Waals surface area contributed by atoms with Gasteiger partial charge in [-0.05, 0) is 62.2 Å². The highest BCUT2D eigenvalue weighted by molar-refractivity contribution is 8.14. The lowest BCUT2D eigenvalue weighted by Gasteiger charge is -2.19. The molecule has 2 aromatic rings. The number of thioether (sulfide) groups is 1. The number of ketones is 2. The summed E-state index contributed by atoms with van der Waals surface area (Å²) < 4.78 is 7.88. The molecule has 0 saturated heterocycles. The fraction of sp³-hybridized carbons (Fsp3) is 0.429. The Balaban J connectivity index is 1.45. The summed E-state index contributed by atoms with van der Waals surface area (Å²) >= 11 is 0.822. The molecule has 0 saturated carbocycles. The second-order valence-corrected chi connectivity index (χ2v) is 10.5. The number of nitrogens with zero attached hydrogens (tertiary/aromatic N) is 1. The van der Waals surface area contributed by atoms with E-state index in [-0.39, 0.29) is 29.7 Å². The molecule has 3 rings (SSSR count). The van der Waals surface area contributed by atoms with Crippen LogP contribution in [0.15, 0.2) is 36.4 Å². The van der Waals surface area contributed by atoms with E-state index in [0.717, 1.165) is 43.3 Å². The molecular weight excluding hydrogens is 550 g/mol.